The van der Waals surface area contributed by atoms with Gasteiger partial charge in [-0.15, -0.1) is 0 Å². The van der Waals surface area contributed by atoms with Gasteiger partial charge in [0.25, 0.3) is 0 Å². The van der Waals surface area contributed by atoms with E-state index in [1.807, 2.05) is 7.05 Å². The van der Waals surface area contributed by atoms with Gasteiger partial charge in [0.1, 0.15) is 0 Å². The highest BCUT2D eigenvalue weighted by molar-refractivity contribution is 5.79. The fourth-order valence-corrected chi connectivity index (χ4v) is 4.09. The van der Waals surface area contributed by atoms with E-state index in [-0.39, 0.29) is 5.41 Å². The van der Waals surface area contributed by atoms with Crippen molar-refractivity contribution < 1.29 is 4.74 Å². The van der Waals surface area contributed by atoms with Crippen LogP contribution in [0.3, 0.4) is 0 Å². The second-order valence-electron chi connectivity index (χ2n) is 7.83. The predicted molar refractivity (Wildman–Crippen MR) is 117 cm³/mol. The number of hydrogen-bond acceptors (Lipinski definition) is 2. The second-order valence-corrected chi connectivity index (χ2v) is 7.83. The quantitative estimate of drug-likeness (QED) is 0.589. The summed E-state index contributed by atoms with van der Waals surface area (Å²) in [7, 11) is 1.84. The smallest absolute Gasteiger partial charge is 0.191 e. The van der Waals surface area contributed by atoms with E-state index in [9.17, 15) is 0 Å². The van der Waals surface area contributed by atoms with E-state index in [1.54, 1.807) is 0 Å². The van der Waals surface area contributed by atoms with Crippen molar-refractivity contribution in [3.05, 3.63) is 71.3 Å². The fourth-order valence-electron chi connectivity index (χ4n) is 4.09. The third-order valence-corrected chi connectivity index (χ3v) is 5.93. The molecule has 2 N–H and O–H groups in total. The summed E-state index contributed by atoms with van der Waals surface area (Å²) in [6.45, 7) is 7.79. The van der Waals surface area contributed by atoms with Crippen LogP contribution in [0.4, 0.5) is 0 Å². The highest BCUT2D eigenvalue weighted by Gasteiger charge is 2.35. The Labute approximate surface area is 169 Å². The van der Waals surface area contributed by atoms with Crippen LogP contribution in [0.2, 0.25) is 0 Å². The first-order valence-corrected chi connectivity index (χ1v) is 10.3. The highest BCUT2D eigenvalue weighted by Crippen LogP contribution is 2.36. The molecule has 1 fully saturated rings. The summed E-state index contributed by atoms with van der Waals surface area (Å²) >= 11 is 0. The highest BCUT2D eigenvalue weighted by atomic mass is 16.5. The van der Waals surface area contributed by atoms with Crippen molar-refractivity contribution in [3.8, 4) is 0 Å². The Hall–Kier alpha value is -2.33. The summed E-state index contributed by atoms with van der Waals surface area (Å²) in [5.74, 6) is 1.29. The number of aliphatic imine (C=N–C) groups is 1. The summed E-state index contributed by atoms with van der Waals surface area (Å²) < 4.78 is 5.67. The number of guanidine groups is 1. The maximum atomic E-state index is 5.67. The molecule has 150 valence electrons. The molecule has 1 aliphatic heterocycles. The van der Waals surface area contributed by atoms with Crippen LogP contribution in [-0.2, 0) is 10.2 Å². The summed E-state index contributed by atoms with van der Waals surface area (Å²) in [5.41, 5.74) is 4.21. The minimum atomic E-state index is 0.0895. The van der Waals surface area contributed by atoms with Crippen LogP contribution < -0.4 is 10.6 Å². The summed E-state index contributed by atoms with van der Waals surface area (Å²) in [4.78, 5) is 4.45. The molecule has 1 unspecified atom stereocenters. The van der Waals surface area contributed by atoms with E-state index in [4.69, 9.17) is 4.74 Å². The maximum absolute atomic E-state index is 5.67. The molecular formula is C24H33N3O. The van der Waals surface area contributed by atoms with Crippen LogP contribution in [0.5, 0.6) is 0 Å². The lowest BCUT2D eigenvalue weighted by Gasteiger charge is -2.39. The molecule has 0 radical (unpaired) electrons. The molecule has 0 spiro atoms. The third-order valence-electron chi connectivity index (χ3n) is 5.93. The molecule has 1 aliphatic rings. The van der Waals surface area contributed by atoms with E-state index < -0.39 is 0 Å². The number of nitrogens with one attached hydrogen (secondary N) is 2. The molecule has 0 amide bonds. The molecular weight excluding hydrogens is 346 g/mol. The molecule has 1 atom stereocenters. The van der Waals surface area contributed by atoms with Crippen molar-refractivity contribution in [2.24, 2.45) is 4.99 Å². The fraction of sp³-hybridized carbons (Fsp3) is 0.458. The molecule has 4 heteroatoms. The molecule has 1 heterocycles. The lowest BCUT2D eigenvalue weighted by Crippen LogP contribution is -2.48. The van der Waals surface area contributed by atoms with Crippen molar-refractivity contribution in [1.29, 1.82) is 0 Å². The molecule has 0 bridgehead atoms. The molecule has 2 aromatic carbocycles. The van der Waals surface area contributed by atoms with Gasteiger partial charge in [0.05, 0.1) is 0 Å². The molecule has 0 saturated carbocycles. The van der Waals surface area contributed by atoms with Gasteiger partial charge in [-0.05, 0) is 42.4 Å². The van der Waals surface area contributed by atoms with E-state index in [2.05, 4.69) is 84.1 Å². The Morgan fingerprint density at radius 1 is 1.04 bits per heavy atom. The predicted octanol–water partition coefficient (Wildman–Crippen LogP) is 4.01. The van der Waals surface area contributed by atoms with Gasteiger partial charge in [0.15, 0.2) is 5.96 Å². The number of hydrogen-bond donors (Lipinski definition) is 2. The Bertz CT molecular complexity index is 766. The van der Waals surface area contributed by atoms with E-state index >= 15 is 0 Å². The number of rotatable bonds is 6. The van der Waals surface area contributed by atoms with Crippen molar-refractivity contribution >= 4 is 5.96 Å². The van der Waals surface area contributed by atoms with Gasteiger partial charge in [-0.3, -0.25) is 4.99 Å². The molecule has 3 rings (SSSR count). The molecule has 4 nitrogen and oxygen atoms in total. The van der Waals surface area contributed by atoms with Crippen molar-refractivity contribution in [2.75, 3.05) is 33.4 Å². The van der Waals surface area contributed by atoms with Gasteiger partial charge in [0.2, 0.25) is 0 Å². The van der Waals surface area contributed by atoms with Crippen molar-refractivity contribution in [1.82, 2.24) is 10.6 Å². The molecule has 0 aliphatic carbocycles. The standard InChI is InChI=1S/C24H33N3O/c1-19-9-7-8-12-22(19)24(13-15-28-16-14-24)18-27-23(25-3)26-17-20(2)21-10-5-4-6-11-21/h4-12,20H,13-18H2,1-3H3,(H2,25,26,27). The van der Waals surface area contributed by atoms with Crippen molar-refractivity contribution in [2.45, 2.75) is 38.0 Å². The van der Waals surface area contributed by atoms with Gasteiger partial charge < -0.3 is 15.4 Å². The first-order valence-electron chi connectivity index (χ1n) is 10.3. The largest absolute Gasteiger partial charge is 0.381 e. The number of ether oxygens (including phenoxy) is 1. The second kappa shape index (κ2) is 9.74. The van der Waals surface area contributed by atoms with Gasteiger partial charge in [-0.1, -0.05) is 61.5 Å². The minimum absolute atomic E-state index is 0.0895. The SMILES string of the molecule is CN=C(NCC(C)c1ccccc1)NCC1(c2ccccc2C)CCOCC1. The van der Waals surface area contributed by atoms with Gasteiger partial charge in [-0.2, -0.15) is 0 Å². The summed E-state index contributed by atoms with van der Waals surface area (Å²) in [6.07, 6.45) is 2.06. The van der Waals surface area contributed by atoms with Gasteiger partial charge in [0, 0.05) is 38.8 Å². The van der Waals surface area contributed by atoms with Crippen LogP contribution in [0, 0.1) is 6.92 Å². The number of aryl methyl sites for hydroxylation is 1. The van der Waals surface area contributed by atoms with Gasteiger partial charge >= 0.3 is 0 Å². The first-order chi connectivity index (χ1) is 13.6. The average molecular weight is 380 g/mol. The zero-order valence-corrected chi connectivity index (χ0v) is 17.4. The average Bonchev–Trinajstić information content (AvgIpc) is 2.75. The van der Waals surface area contributed by atoms with Crippen LogP contribution in [0.15, 0.2) is 59.6 Å². The zero-order chi connectivity index (χ0) is 19.8. The Morgan fingerprint density at radius 3 is 2.39 bits per heavy atom. The van der Waals surface area contributed by atoms with Crippen LogP contribution in [-0.4, -0.2) is 39.3 Å². The number of nitrogens with zero attached hydrogens (tertiary/aromatic N) is 1. The zero-order valence-electron chi connectivity index (χ0n) is 17.4. The molecule has 1 saturated heterocycles. The third kappa shape index (κ3) is 4.93. The summed E-state index contributed by atoms with van der Waals surface area (Å²) in [6, 6.07) is 19.3. The minimum Gasteiger partial charge on any atom is -0.381 e. The molecule has 2 aromatic rings. The summed E-state index contributed by atoms with van der Waals surface area (Å²) in [5, 5.41) is 7.09. The topological polar surface area (TPSA) is 45.7 Å². The number of benzene rings is 2. The van der Waals surface area contributed by atoms with E-state index in [0.29, 0.717) is 5.92 Å². The lowest BCUT2D eigenvalue weighted by atomic mass is 9.72. The van der Waals surface area contributed by atoms with Crippen molar-refractivity contribution in [3.63, 3.8) is 0 Å². The van der Waals surface area contributed by atoms with E-state index in [0.717, 1.165) is 45.1 Å². The first kappa shape index (κ1) is 20.4. The lowest BCUT2D eigenvalue weighted by molar-refractivity contribution is 0.0512. The molecule has 0 aromatic heterocycles. The van der Waals surface area contributed by atoms with Crippen LogP contribution in [0.1, 0.15) is 42.4 Å². The Kier molecular flexibility index (Phi) is 7.10. The van der Waals surface area contributed by atoms with E-state index in [1.165, 1.54) is 16.7 Å². The maximum Gasteiger partial charge on any atom is 0.191 e. The normalized spacial score (nSPS) is 17.8. The Morgan fingerprint density at radius 2 is 1.71 bits per heavy atom. The van der Waals surface area contributed by atoms with Crippen LogP contribution >= 0.6 is 0 Å². The Balaban J connectivity index is 1.64. The van der Waals surface area contributed by atoms with Gasteiger partial charge in [-0.25, -0.2) is 0 Å². The monoisotopic (exact) mass is 379 g/mol. The molecule has 28 heavy (non-hydrogen) atoms. The van der Waals surface area contributed by atoms with Crippen LogP contribution in [0.25, 0.3) is 0 Å².